The molecule has 0 unspecified atom stereocenters. The maximum absolute atomic E-state index is 11.6. The fourth-order valence-electron chi connectivity index (χ4n) is 1.50. The molecule has 0 saturated carbocycles. The molecular weight excluding hydrogens is 240 g/mol. The third kappa shape index (κ3) is 2.68. The van der Waals surface area contributed by atoms with Crippen molar-refractivity contribution in [2.24, 2.45) is 0 Å². The molecule has 7 heteroatoms. The van der Waals surface area contributed by atoms with E-state index < -0.39 is 0 Å². The normalized spacial score (nSPS) is 11.5. The van der Waals surface area contributed by atoms with Gasteiger partial charge in [0, 0.05) is 18.3 Å². The molecule has 2 aromatic heterocycles. The van der Waals surface area contributed by atoms with Crippen LogP contribution in [0.5, 0.6) is 0 Å². The van der Waals surface area contributed by atoms with Gasteiger partial charge < -0.3 is 5.11 Å². The highest BCUT2D eigenvalue weighted by Crippen LogP contribution is 2.12. The minimum Gasteiger partial charge on any atom is -0.395 e. The van der Waals surface area contributed by atoms with Crippen LogP contribution in [-0.2, 0) is 6.54 Å². The summed E-state index contributed by atoms with van der Waals surface area (Å²) in [6.45, 7) is 3.09. The van der Waals surface area contributed by atoms with Crippen LogP contribution in [0.2, 0.25) is 0 Å². The van der Waals surface area contributed by atoms with Crippen LogP contribution >= 0.6 is 11.3 Å². The summed E-state index contributed by atoms with van der Waals surface area (Å²) >= 11 is 1.40. The van der Waals surface area contributed by atoms with Gasteiger partial charge in [0.05, 0.1) is 13.2 Å². The average Bonchev–Trinajstić information content (AvgIpc) is 2.60. The van der Waals surface area contributed by atoms with Crippen LogP contribution in [-0.4, -0.2) is 44.8 Å². The highest BCUT2D eigenvalue weighted by atomic mass is 32.1. The van der Waals surface area contributed by atoms with Gasteiger partial charge in [-0.1, -0.05) is 11.3 Å². The summed E-state index contributed by atoms with van der Waals surface area (Å²) in [6, 6.07) is 1.47. The lowest BCUT2D eigenvalue weighted by Crippen LogP contribution is -2.22. The molecule has 0 aliphatic rings. The van der Waals surface area contributed by atoms with Gasteiger partial charge in [0.2, 0.25) is 4.96 Å². The van der Waals surface area contributed by atoms with Gasteiger partial charge in [0.1, 0.15) is 5.01 Å². The number of likely N-dealkylation sites (N-methyl/N-ethyl adjacent to an activating group) is 1. The summed E-state index contributed by atoms with van der Waals surface area (Å²) in [5.41, 5.74) is 0.550. The SMILES string of the molecule is Cc1cc(=O)n2nc(CN(C)CCO)sc2n1. The van der Waals surface area contributed by atoms with Crippen molar-refractivity contribution in [3.8, 4) is 0 Å². The van der Waals surface area contributed by atoms with E-state index in [0.29, 0.717) is 23.7 Å². The monoisotopic (exact) mass is 254 g/mol. The molecule has 0 bridgehead atoms. The first-order chi connectivity index (χ1) is 8.10. The van der Waals surface area contributed by atoms with Crippen LogP contribution in [0.25, 0.3) is 4.96 Å². The van der Waals surface area contributed by atoms with Crippen molar-refractivity contribution in [1.82, 2.24) is 19.5 Å². The smallest absolute Gasteiger partial charge is 0.275 e. The summed E-state index contributed by atoms with van der Waals surface area (Å²) in [4.78, 5) is 18.5. The van der Waals surface area contributed by atoms with Crippen LogP contribution in [0.15, 0.2) is 10.9 Å². The zero-order chi connectivity index (χ0) is 12.4. The number of aromatic nitrogens is 3. The van der Waals surface area contributed by atoms with Gasteiger partial charge in [-0.3, -0.25) is 9.69 Å². The Bertz CT molecular complexity index is 577. The number of aliphatic hydroxyl groups is 1. The predicted octanol–water partition coefficient (Wildman–Crippen LogP) is -0.116. The number of hydrogen-bond donors (Lipinski definition) is 1. The Labute approximate surface area is 102 Å². The molecule has 0 aromatic carbocycles. The Hall–Kier alpha value is -1.31. The van der Waals surface area contributed by atoms with E-state index in [-0.39, 0.29) is 12.2 Å². The molecule has 2 heterocycles. The Morgan fingerprint density at radius 2 is 2.35 bits per heavy atom. The lowest BCUT2D eigenvalue weighted by molar-refractivity contribution is 0.217. The van der Waals surface area contributed by atoms with E-state index in [4.69, 9.17) is 5.11 Å². The number of fused-ring (bicyclic) bond motifs is 1. The molecule has 0 aliphatic carbocycles. The van der Waals surface area contributed by atoms with Crippen molar-refractivity contribution >= 4 is 16.3 Å². The van der Waals surface area contributed by atoms with E-state index in [1.165, 1.54) is 21.9 Å². The number of hydrogen-bond acceptors (Lipinski definition) is 6. The van der Waals surface area contributed by atoms with Crippen molar-refractivity contribution in [2.45, 2.75) is 13.5 Å². The van der Waals surface area contributed by atoms with Gasteiger partial charge >= 0.3 is 0 Å². The van der Waals surface area contributed by atoms with Crippen LogP contribution < -0.4 is 5.56 Å². The summed E-state index contributed by atoms with van der Waals surface area (Å²) in [6.07, 6.45) is 0. The topological polar surface area (TPSA) is 70.7 Å². The van der Waals surface area contributed by atoms with Crippen molar-refractivity contribution in [3.63, 3.8) is 0 Å². The first kappa shape index (κ1) is 12.2. The van der Waals surface area contributed by atoms with Crippen LogP contribution in [0.4, 0.5) is 0 Å². The molecule has 92 valence electrons. The van der Waals surface area contributed by atoms with Crippen molar-refractivity contribution in [1.29, 1.82) is 0 Å². The Morgan fingerprint density at radius 1 is 1.59 bits per heavy atom. The summed E-state index contributed by atoms with van der Waals surface area (Å²) < 4.78 is 1.32. The Kier molecular flexibility index (Phi) is 3.51. The zero-order valence-corrected chi connectivity index (χ0v) is 10.6. The number of aryl methyl sites for hydroxylation is 1. The van der Waals surface area contributed by atoms with Crippen LogP contribution in [0.1, 0.15) is 10.7 Å². The third-order valence-electron chi connectivity index (χ3n) is 2.30. The molecule has 0 fully saturated rings. The maximum atomic E-state index is 11.6. The molecule has 17 heavy (non-hydrogen) atoms. The zero-order valence-electron chi connectivity index (χ0n) is 9.75. The first-order valence-electron chi connectivity index (χ1n) is 5.26. The van der Waals surface area contributed by atoms with Crippen molar-refractivity contribution < 1.29 is 5.11 Å². The number of aliphatic hydroxyl groups excluding tert-OH is 1. The first-order valence-corrected chi connectivity index (χ1v) is 6.07. The molecule has 0 aliphatic heterocycles. The molecule has 2 aromatic rings. The van der Waals surface area contributed by atoms with Crippen LogP contribution in [0.3, 0.4) is 0 Å². The van der Waals surface area contributed by atoms with Gasteiger partial charge in [-0.2, -0.15) is 9.61 Å². The molecule has 0 saturated heterocycles. The largest absolute Gasteiger partial charge is 0.395 e. The van der Waals surface area contributed by atoms with Gasteiger partial charge in [0.15, 0.2) is 0 Å². The van der Waals surface area contributed by atoms with Gasteiger partial charge in [-0.05, 0) is 14.0 Å². The Balaban J connectivity index is 2.32. The number of rotatable bonds is 4. The molecular formula is C10H14N4O2S. The van der Waals surface area contributed by atoms with E-state index in [1.807, 2.05) is 11.9 Å². The van der Waals surface area contributed by atoms with E-state index in [0.717, 1.165) is 5.01 Å². The lowest BCUT2D eigenvalue weighted by Gasteiger charge is -2.11. The molecule has 6 nitrogen and oxygen atoms in total. The van der Waals surface area contributed by atoms with Crippen molar-refractivity contribution in [2.75, 3.05) is 20.2 Å². The van der Waals surface area contributed by atoms with E-state index in [2.05, 4.69) is 10.1 Å². The summed E-state index contributed by atoms with van der Waals surface area (Å²) in [5, 5.41) is 13.8. The van der Waals surface area contributed by atoms with E-state index >= 15 is 0 Å². The predicted molar refractivity (Wildman–Crippen MR) is 65.3 cm³/mol. The molecule has 0 spiro atoms. The second kappa shape index (κ2) is 4.91. The average molecular weight is 254 g/mol. The fraction of sp³-hybridized carbons (Fsp3) is 0.500. The molecule has 0 atom stereocenters. The molecule has 0 amide bonds. The summed E-state index contributed by atoms with van der Waals surface area (Å²) in [7, 11) is 1.89. The van der Waals surface area contributed by atoms with E-state index in [1.54, 1.807) is 6.92 Å². The van der Waals surface area contributed by atoms with Crippen molar-refractivity contribution in [3.05, 3.63) is 27.1 Å². The molecule has 2 rings (SSSR count). The Morgan fingerprint density at radius 3 is 3.06 bits per heavy atom. The number of nitrogens with zero attached hydrogens (tertiary/aromatic N) is 4. The van der Waals surface area contributed by atoms with E-state index in [9.17, 15) is 4.79 Å². The highest BCUT2D eigenvalue weighted by Gasteiger charge is 2.09. The van der Waals surface area contributed by atoms with Gasteiger partial charge in [0.25, 0.3) is 5.56 Å². The lowest BCUT2D eigenvalue weighted by atomic mass is 10.5. The molecule has 0 radical (unpaired) electrons. The quantitative estimate of drug-likeness (QED) is 0.824. The standard InChI is InChI=1S/C10H14N4O2S/c1-7-5-9(16)14-10(11-7)17-8(12-14)6-13(2)3-4-15/h5,15H,3-4,6H2,1-2H3. The minimum atomic E-state index is -0.153. The van der Waals surface area contributed by atoms with Gasteiger partial charge in [-0.25, -0.2) is 4.98 Å². The maximum Gasteiger partial charge on any atom is 0.275 e. The minimum absolute atomic E-state index is 0.110. The second-order valence-corrected chi connectivity index (χ2v) is 4.93. The second-order valence-electron chi connectivity index (χ2n) is 3.89. The summed E-state index contributed by atoms with van der Waals surface area (Å²) in [5.74, 6) is 0. The molecule has 1 N–H and O–H groups in total. The van der Waals surface area contributed by atoms with Gasteiger partial charge in [-0.15, -0.1) is 0 Å². The fourth-order valence-corrected chi connectivity index (χ4v) is 2.53. The third-order valence-corrected chi connectivity index (χ3v) is 3.20. The van der Waals surface area contributed by atoms with Crippen LogP contribution in [0, 0.1) is 6.92 Å². The highest BCUT2D eigenvalue weighted by molar-refractivity contribution is 7.16.